The Balaban J connectivity index is 2.55. The highest BCUT2D eigenvalue weighted by Gasteiger charge is 2.32. The van der Waals surface area contributed by atoms with Crippen LogP contribution in [0.1, 0.15) is 15.9 Å². The van der Waals surface area contributed by atoms with Crippen LogP contribution < -0.4 is 22.5 Å². The van der Waals surface area contributed by atoms with Crippen LogP contribution >= 0.6 is 11.6 Å². The number of nitrogens with two attached hydrogens (primary N) is 1. The van der Waals surface area contributed by atoms with Gasteiger partial charge in [0.2, 0.25) is 0 Å². The molecule has 0 atom stereocenters. The number of ketones is 1. The third kappa shape index (κ3) is 3.50. The Morgan fingerprint density at radius 2 is 1.92 bits per heavy atom. The number of carbonyl (C=O) groups is 1. The number of anilines is 1. The van der Waals surface area contributed by atoms with E-state index in [4.69, 9.17) is 17.3 Å². The number of Topliss-reactive ketones (excluding diaryl/α,β-unsaturated/α-hetero) is 1. The van der Waals surface area contributed by atoms with Crippen molar-refractivity contribution in [1.82, 2.24) is 14.1 Å². The maximum absolute atomic E-state index is 12.8. The third-order valence-corrected chi connectivity index (χ3v) is 3.60. The number of H-pyrrole nitrogens is 1. The summed E-state index contributed by atoms with van der Waals surface area (Å²) in [6, 6.07) is 0.429. The van der Waals surface area contributed by atoms with Crippen LogP contribution in [0, 0.1) is 0 Å². The van der Waals surface area contributed by atoms with Crippen LogP contribution in [-0.4, -0.2) is 19.9 Å². The van der Waals surface area contributed by atoms with Crippen LogP contribution in [0.25, 0.3) is 0 Å². The Morgan fingerprint density at radius 1 is 1.32 bits per heavy atom. The van der Waals surface area contributed by atoms with Gasteiger partial charge >= 0.3 is 11.9 Å². The molecule has 0 saturated carbocycles. The Bertz CT molecular complexity index is 1040. The number of hydrogen-bond donors (Lipinski definition) is 2. The largest absolute Gasteiger partial charge is 0.417 e. The Kier molecular flexibility index (Phi) is 4.62. The van der Waals surface area contributed by atoms with Gasteiger partial charge in [0.25, 0.3) is 11.1 Å². The first-order chi connectivity index (χ1) is 11.4. The predicted molar refractivity (Wildman–Crippen MR) is 81.8 cm³/mol. The predicted octanol–water partition coefficient (Wildman–Crippen LogP) is 0.373. The molecule has 0 fully saturated rings. The van der Waals surface area contributed by atoms with Crippen molar-refractivity contribution in [1.29, 1.82) is 0 Å². The zero-order valence-electron chi connectivity index (χ0n) is 12.5. The first kappa shape index (κ1) is 18.5. The third-order valence-electron chi connectivity index (χ3n) is 3.33. The molecule has 25 heavy (non-hydrogen) atoms. The van der Waals surface area contributed by atoms with Crippen molar-refractivity contribution in [2.45, 2.75) is 12.7 Å². The molecule has 12 heteroatoms. The minimum absolute atomic E-state index is 0.401. The van der Waals surface area contributed by atoms with Gasteiger partial charge in [-0.1, -0.05) is 11.6 Å². The molecule has 8 nitrogen and oxygen atoms in total. The van der Waals surface area contributed by atoms with Crippen LogP contribution in [0.2, 0.25) is 5.02 Å². The lowest BCUT2D eigenvalue weighted by molar-refractivity contribution is -0.138. The molecule has 0 unspecified atom stereocenters. The smallest absolute Gasteiger partial charge is 0.384 e. The molecule has 0 aliphatic heterocycles. The number of nitrogen functional groups attached to an aromatic ring is 1. The monoisotopic (exact) mass is 378 g/mol. The van der Waals surface area contributed by atoms with Crippen molar-refractivity contribution in [2.24, 2.45) is 7.05 Å². The fraction of sp³-hybridized carbons (Fsp3) is 0.231. The van der Waals surface area contributed by atoms with Crippen LogP contribution in [0.15, 0.2) is 26.6 Å². The summed E-state index contributed by atoms with van der Waals surface area (Å²) < 4.78 is 39.6. The van der Waals surface area contributed by atoms with Gasteiger partial charge in [-0.15, -0.1) is 0 Å². The summed E-state index contributed by atoms with van der Waals surface area (Å²) in [6.07, 6.45) is -4.40. The van der Waals surface area contributed by atoms with Gasteiger partial charge in [0.15, 0.2) is 5.78 Å². The van der Waals surface area contributed by atoms with E-state index in [1.54, 1.807) is 0 Å². The van der Waals surface area contributed by atoms with Crippen LogP contribution in [0.4, 0.5) is 19.0 Å². The summed E-state index contributed by atoms with van der Waals surface area (Å²) >= 11 is 5.48. The fourth-order valence-electron chi connectivity index (χ4n) is 2.01. The molecule has 0 aliphatic carbocycles. The lowest BCUT2D eigenvalue weighted by Crippen LogP contribution is -2.36. The molecule has 2 rings (SSSR count). The average molecular weight is 379 g/mol. The number of aromatic nitrogens is 3. The number of nitrogens with one attached hydrogen (secondary N) is 1. The molecule has 0 spiro atoms. The molecule has 2 aromatic rings. The number of halogens is 4. The van der Waals surface area contributed by atoms with E-state index >= 15 is 0 Å². The highest BCUT2D eigenvalue weighted by atomic mass is 35.5. The molecule has 2 heterocycles. The van der Waals surface area contributed by atoms with Crippen LogP contribution in [0.5, 0.6) is 0 Å². The van der Waals surface area contributed by atoms with Crippen molar-refractivity contribution in [3.05, 3.63) is 59.6 Å². The van der Waals surface area contributed by atoms with Crippen molar-refractivity contribution in [2.75, 3.05) is 5.73 Å². The molecule has 134 valence electrons. The number of carbonyl (C=O) groups excluding carboxylic acids is 1. The Labute approximate surface area is 141 Å². The molecule has 3 N–H and O–H groups in total. The van der Waals surface area contributed by atoms with Gasteiger partial charge in [0.1, 0.15) is 16.4 Å². The minimum atomic E-state index is -4.80. The first-order valence-corrected chi connectivity index (χ1v) is 6.90. The number of alkyl halides is 3. The summed E-state index contributed by atoms with van der Waals surface area (Å²) in [5.41, 5.74) is 0.597. The second-order valence-electron chi connectivity index (χ2n) is 5.01. The number of hydrogen-bond acceptors (Lipinski definition) is 5. The molecule has 0 aromatic carbocycles. The van der Waals surface area contributed by atoms with Gasteiger partial charge in [-0.3, -0.25) is 23.9 Å². The van der Waals surface area contributed by atoms with Gasteiger partial charge < -0.3 is 10.3 Å². The molecule has 2 aromatic heterocycles. The summed E-state index contributed by atoms with van der Waals surface area (Å²) in [5.74, 6) is -1.54. The minimum Gasteiger partial charge on any atom is -0.384 e. The van der Waals surface area contributed by atoms with E-state index in [9.17, 15) is 32.3 Å². The van der Waals surface area contributed by atoms with Crippen LogP contribution in [0.3, 0.4) is 0 Å². The lowest BCUT2D eigenvalue weighted by Gasteiger charge is -2.12. The summed E-state index contributed by atoms with van der Waals surface area (Å²) in [4.78, 5) is 49.0. The van der Waals surface area contributed by atoms with Gasteiger partial charge in [-0.2, -0.15) is 13.2 Å². The van der Waals surface area contributed by atoms with Crippen molar-refractivity contribution in [3.63, 3.8) is 0 Å². The number of rotatable bonds is 3. The van der Waals surface area contributed by atoms with E-state index in [2.05, 4.69) is 0 Å². The summed E-state index contributed by atoms with van der Waals surface area (Å²) in [7, 11) is 1.18. The van der Waals surface area contributed by atoms with Gasteiger partial charge in [-0.05, 0) is 6.07 Å². The number of aromatic amines is 1. The SMILES string of the molecule is Cn1c(N)c(C(=O)Cn2cc(C(F)(F)F)cc(Cl)c2=O)c(=O)[nH]c1=O. The van der Waals surface area contributed by atoms with Crippen molar-refractivity contribution >= 4 is 23.2 Å². The Morgan fingerprint density at radius 3 is 2.48 bits per heavy atom. The Hall–Kier alpha value is -2.82. The summed E-state index contributed by atoms with van der Waals surface area (Å²) in [5, 5.41) is -0.745. The van der Waals surface area contributed by atoms with Gasteiger partial charge in [0.05, 0.1) is 12.1 Å². The highest BCUT2D eigenvalue weighted by molar-refractivity contribution is 6.30. The maximum atomic E-state index is 12.8. The van der Waals surface area contributed by atoms with Crippen molar-refractivity contribution in [3.8, 4) is 0 Å². The average Bonchev–Trinajstić information content (AvgIpc) is 2.48. The first-order valence-electron chi connectivity index (χ1n) is 6.52. The molecular formula is C13H10ClF3N4O4. The van der Waals surface area contributed by atoms with E-state index in [-0.39, 0.29) is 0 Å². The van der Waals surface area contributed by atoms with E-state index in [1.807, 2.05) is 4.98 Å². The lowest BCUT2D eigenvalue weighted by atomic mass is 10.2. The molecular weight excluding hydrogens is 369 g/mol. The topological polar surface area (TPSA) is 120 Å². The zero-order valence-corrected chi connectivity index (χ0v) is 13.2. The molecule has 0 radical (unpaired) electrons. The zero-order chi connectivity index (χ0) is 19.1. The second kappa shape index (κ2) is 6.24. The fourth-order valence-corrected chi connectivity index (χ4v) is 2.24. The number of nitrogens with zero attached hydrogens (tertiary/aromatic N) is 2. The number of pyridine rings is 1. The second-order valence-corrected chi connectivity index (χ2v) is 5.42. The van der Waals surface area contributed by atoms with E-state index in [0.717, 1.165) is 4.57 Å². The van der Waals surface area contributed by atoms with Crippen LogP contribution in [-0.2, 0) is 19.8 Å². The van der Waals surface area contributed by atoms with Gasteiger partial charge in [0, 0.05) is 13.2 Å². The van der Waals surface area contributed by atoms with E-state index in [1.165, 1.54) is 7.05 Å². The quantitative estimate of drug-likeness (QED) is 0.748. The normalized spacial score (nSPS) is 11.6. The van der Waals surface area contributed by atoms with Crippen molar-refractivity contribution < 1.29 is 18.0 Å². The molecule has 0 bridgehead atoms. The van der Waals surface area contributed by atoms with Gasteiger partial charge in [-0.25, -0.2) is 4.79 Å². The summed E-state index contributed by atoms with van der Waals surface area (Å²) in [6.45, 7) is -0.923. The highest BCUT2D eigenvalue weighted by Crippen LogP contribution is 2.29. The van der Waals surface area contributed by atoms with E-state index in [0.29, 0.717) is 16.8 Å². The maximum Gasteiger partial charge on any atom is 0.417 e. The van der Waals surface area contributed by atoms with E-state index < -0.39 is 57.3 Å². The molecule has 0 saturated heterocycles. The standard InChI is InChI=1S/C13H10ClF3N4O4/c1-20-9(18)8(10(23)19-12(20)25)7(22)4-21-3-5(13(15,16)17)2-6(14)11(21)24/h2-3H,4,18H2,1H3,(H,19,23,25). The molecule has 0 amide bonds. The molecule has 0 aliphatic rings.